The van der Waals surface area contributed by atoms with E-state index in [0.717, 1.165) is 24.0 Å². The summed E-state index contributed by atoms with van der Waals surface area (Å²) in [4.78, 5) is 18.6. The average molecular weight is 397 g/mol. The predicted octanol–water partition coefficient (Wildman–Crippen LogP) is 3.07. The summed E-state index contributed by atoms with van der Waals surface area (Å²) in [6.45, 7) is 3.94. The first-order valence-corrected chi connectivity index (χ1v) is 10.1. The average Bonchev–Trinajstić information content (AvgIpc) is 3.54. The van der Waals surface area contributed by atoms with Crippen molar-refractivity contribution >= 4 is 11.9 Å². The van der Waals surface area contributed by atoms with Crippen molar-refractivity contribution in [3.8, 4) is 0 Å². The largest absolute Gasteiger partial charge is 0.356 e. The van der Waals surface area contributed by atoms with E-state index in [-0.39, 0.29) is 23.7 Å². The molecule has 0 heterocycles. The van der Waals surface area contributed by atoms with E-state index in [1.165, 1.54) is 6.07 Å². The summed E-state index contributed by atoms with van der Waals surface area (Å²) >= 11 is 0. The van der Waals surface area contributed by atoms with E-state index in [1.54, 1.807) is 18.0 Å². The minimum Gasteiger partial charge on any atom is -0.356 e. The van der Waals surface area contributed by atoms with Crippen LogP contribution in [0.5, 0.6) is 0 Å². The Bertz CT molecular complexity index is 849. The highest BCUT2D eigenvalue weighted by molar-refractivity contribution is 5.86. The number of nitrogens with one attached hydrogen (secondary N) is 2. The molecule has 0 spiro atoms. The molecule has 0 aromatic heterocycles. The van der Waals surface area contributed by atoms with E-state index in [1.807, 2.05) is 49.4 Å². The summed E-state index contributed by atoms with van der Waals surface area (Å²) in [5.41, 5.74) is 1.67. The van der Waals surface area contributed by atoms with Gasteiger partial charge >= 0.3 is 0 Å². The van der Waals surface area contributed by atoms with Crippen molar-refractivity contribution in [2.75, 3.05) is 26.7 Å². The molecule has 0 atom stereocenters. The van der Waals surface area contributed by atoms with Gasteiger partial charge in [0.15, 0.2) is 5.96 Å². The molecule has 154 valence electrons. The van der Waals surface area contributed by atoms with Crippen LogP contribution in [0.15, 0.2) is 59.6 Å². The van der Waals surface area contributed by atoms with Gasteiger partial charge in [-0.15, -0.1) is 0 Å². The third-order valence-corrected chi connectivity index (χ3v) is 5.47. The van der Waals surface area contributed by atoms with Crippen LogP contribution in [0.2, 0.25) is 0 Å². The Kier molecular flexibility index (Phi) is 6.86. The van der Waals surface area contributed by atoms with Crippen LogP contribution in [0.4, 0.5) is 4.39 Å². The number of halogens is 1. The number of benzene rings is 2. The van der Waals surface area contributed by atoms with Gasteiger partial charge in [-0.05, 0) is 37.0 Å². The smallest absolute Gasteiger partial charge is 0.242 e. The maximum atomic E-state index is 14.2. The van der Waals surface area contributed by atoms with Gasteiger partial charge in [-0.1, -0.05) is 48.5 Å². The molecule has 2 N–H and O–H groups in total. The number of aliphatic imine (C=N–C) groups is 1. The maximum Gasteiger partial charge on any atom is 0.242 e. The lowest BCUT2D eigenvalue weighted by Gasteiger charge is -2.23. The molecule has 0 unspecified atom stereocenters. The molecule has 3 rings (SSSR count). The van der Waals surface area contributed by atoms with Crippen molar-refractivity contribution < 1.29 is 9.18 Å². The van der Waals surface area contributed by atoms with E-state index in [9.17, 15) is 9.18 Å². The normalized spacial score (nSPS) is 14.9. The van der Waals surface area contributed by atoms with Gasteiger partial charge in [0, 0.05) is 32.1 Å². The Morgan fingerprint density at radius 2 is 1.79 bits per heavy atom. The summed E-state index contributed by atoms with van der Waals surface area (Å²) in [6.07, 6.45) is 1.88. The second-order valence-electron chi connectivity index (χ2n) is 7.43. The quantitative estimate of drug-likeness (QED) is 0.533. The SMILES string of the molecule is CCN(Cc1ccccc1)C(=O)CNC(=NC)NCC1(c2ccccc2F)CC1. The highest BCUT2D eigenvalue weighted by atomic mass is 19.1. The molecule has 1 saturated carbocycles. The third-order valence-electron chi connectivity index (χ3n) is 5.47. The van der Waals surface area contributed by atoms with Crippen LogP contribution >= 0.6 is 0 Å². The molecular formula is C23H29FN4O. The molecule has 0 radical (unpaired) electrons. The minimum atomic E-state index is -0.185. The van der Waals surface area contributed by atoms with E-state index in [0.29, 0.717) is 25.6 Å². The number of guanidine groups is 1. The summed E-state index contributed by atoms with van der Waals surface area (Å²) in [6, 6.07) is 16.9. The lowest BCUT2D eigenvalue weighted by atomic mass is 9.95. The van der Waals surface area contributed by atoms with Gasteiger partial charge in [-0.25, -0.2) is 4.39 Å². The summed E-state index contributed by atoms with van der Waals surface area (Å²) in [5.74, 6) is 0.399. The van der Waals surface area contributed by atoms with Crippen molar-refractivity contribution in [1.82, 2.24) is 15.5 Å². The van der Waals surface area contributed by atoms with Crippen molar-refractivity contribution in [1.29, 1.82) is 0 Å². The first-order chi connectivity index (χ1) is 14.1. The predicted molar refractivity (Wildman–Crippen MR) is 114 cm³/mol. The fraction of sp³-hybridized carbons (Fsp3) is 0.391. The standard InChI is InChI=1S/C23H29FN4O/c1-3-28(16-18-9-5-4-6-10-18)21(29)15-26-22(25-2)27-17-23(13-14-23)19-11-7-8-12-20(19)24/h4-12H,3,13-17H2,1-2H3,(H2,25,26,27). The lowest BCUT2D eigenvalue weighted by molar-refractivity contribution is -0.130. The van der Waals surface area contributed by atoms with Crippen molar-refractivity contribution in [2.45, 2.75) is 31.7 Å². The highest BCUT2D eigenvalue weighted by Gasteiger charge is 2.45. The molecule has 29 heavy (non-hydrogen) atoms. The second-order valence-corrected chi connectivity index (χ2v) is 7.43. The van der Waals surface area contributed by atoms with Gasteiger partial charge in [0.05, 0.1) is 6.54 Å². The summed E-state index contributed by atoms with van der Waals surface area (Å²) in [5, 5.41) is 6.35. The van der Waals surface area contributed by atoms with Gasteiger partial charge in [0.25, 0.3) is 0 Å². The number of rotatable bonds is 8. The molecule has 2 aromatic rings. The molecule has 2 aromatic carbocycles. The Labute approximate surface area is 172 Å². The Morgan fingerprint density at radius 1 is 1.10 bits per heavy atom. The number of hydrogen-bond acceptors (Lipinski definition) is 2. The Balaban J connectivity index is 1.51. The molecular weight excluding hydrogens is 367 g/mol. The van der Waals surface area contributed by atoms with E-state index in [2.05, 4.69) is 15.6 Å². The van der Waals surface area contributed by atoms with Gasteiger partial charge < -0.3 is 15.5 Å². The zero-order valence-electron chi connectivity index (χ0n) is 17.1. The van der Waals surface area contributed by atoms with Crippen molar-refractivity contribution in [3.05, 3.63) is 71.5 Å². The van der Waals surface area contributed by atoms with Crippen LogP contribution in [-0.4, -0.2) is 43.4 Å². The second kappa shape index (κ2) is 9.54. The van der Waals surface area contributed by atoms with Crippen LogP contribution in [0.3, 0.4) is 0 Å². The zero-order valence-corrected chi connectivity index (χ0v) is 17.1. The maximum absolute atomic E-state index is 14.2. The number of carbonyl (C=O) groups is 1. The van der Waals surface area contributed by atoms with Gasteiger partial charge in [0.1, 0.15) is 5.82 Å². The lowest BCUT2D eigenvalue weighted by Crippen LogP contribution is -2.46. The fourth-order valence-electron chi connectivity index (χ4n) is 3.51. The van der Waals surface area contributed by atoms with Gasteiger partial charge in [0.2, 0.25) is 5.91 Å². The number of likely N-dealkylation sites (N-methyl/N-ethyl adjacent to an activating group) is 1. The van der Waals surface area contributed by atoms with Crippen LogP contribution in [-0.2, 0) is 16.8 Å². The number of carbonyl (C=O) groups excluding carboxylic acids is 1. The minimum absolute atomic E-state index is 0.00884. The van der Waals surface area contributed by atoms with Crippen LogP contribution < -0.4 is 10.6 Å². The summed E-state index contributed by atoms with van der Waals surface area (Å²) in [7, 11) is 1.67. The van der Waals surface area contributed by atoms with E-state index in [4.69, 9.17) is 0 Å². The highest BCUT2D eigenvalue weighted by Crippen LogP contribution is 2.48. The Hall–Kier alpha value is -2.89. The van der Waals surface area contributed by atoms with Crippen LogP contribution in [0.1, 0.15) is 30.9 Å². The first-order valence-electron chi connectivity index (χ1n) is 10.1. The van der Waals surface area contributed by atoms with E-state index >= 15 is 0 Å². The number of amides is 1. The molecule has 5 nitrogen and oxygen atoms in total. The molecule has 0 saturated heterocycles. The van der Waals surface area contributed by atoms with Crippen LogP contribution in [0, 0.1) is 5.82 Å². The zero-order chi connectivity index (χ0) is 20.7. The topological polar surface area (TPSA) is 56.7 Å². The van der Waals surface area contributed by atoms with Gasteiger partial charge in [-0.3, -0.25) is 9.79 Å². The molecule has 1 fully saturated rings. The number of hydrogen-bond donors (Lipinski definition) is 2. The molecule has 6 heteroatoms. The third kappa shape index (κ3) is 5.34. The summed E-state index contributed by atoms with van der Waals surface area (Å²) < 4.78 is 14.2. The fourth-order valence-corrected chi connectivity index (χ4v) is 3.51. The molecule has 1 amide bonds. The first kappa shape index (κ1) is 20.8. The Morgan fingerprint density at radius 3 is 2.41 bits per heavy atom. The molecule has 0 aliphatic heterocycles. The van der Waals surface area contributed by atoms with E-state index < -0.39 is 0 Å². The number of nitrogens with zero attached hydrogens (tertiary/aromatic N) is 2. The monoisotopic (exact) mass is 396 g/mol. The van der Waals surface area contributed by atoms with Crippen molar-refractivity contribution in [2.24, 2.45) is 4.99 Å². The molecule has 1 aliphatic rings. The van der Waals surface area contributed by atoms with Crippen molar-refractivity contribution in [3.63, 3.8) is 0 Å². The molecule has 0 bridgehead atoms. The van der Waals surface area contributed by atoms with Gasteiger partial charge in [-0.2, -0.15) is 0 Å². The van der Waals surface area contributed by atoms with Crippen LogP contribution in [0.25, 0.3) is 0 Å². The molecule has 1 aliphatic carbocycles.